The summed E-state index contributed by atoms with van der Waals surface area (Å²) in [7, 11) is 0. The molecule has 1 amide bonds. The van der Waals surface area contributed by atoms with Gasteiger partial charge in [0.15, 0.2) is 0 Å². The van der Waals surface area contributed by atoms with Crippen LogP contribution in [0.15, 0.2) is 24.3 Å². The van der Waals surface area contributed by atoms with E-state index in [-0.39, 0.29) is 23.9 Å². The first kappa shape index (κ1) is 16.6. The second-order valence-electron chi connectivity index (χ2n) is 6.99. The van der Waals surface area contributed by atoms with Gasteiger partial charge in [-0.1, -0.05) is 12.1 Å². The maximum Gasteiger partial charge on any atom is 0.407 e. The van der Waals surface area contributed by atoms with Crippen molar-refractivity contribution >= 4 is 6.09 Å². The van der Waals surface area contributed by atoms with E-state index in [0.717, 1.165) is 18.4 Å². The van der Waals surface area contributed by atoms with Crippen LogP contribution in [0, 0.1) is 0 Å². The molecule has 1 aliphatic rings. The summed E-state index contributed by atoms with van der Waals surface area (Å²) < 4.78 is 5.25. The zero-order valence-corrected chi connectivity index (χ0v) is 13.7. The standard InChI is InChI=1S/C17H26N2O3/c1-11(12-5-7-15(20)8-6-12)18-13-9-14(10-13)19-16(21)22-17(2,3)4/h5-8,11,13-14,18,20H,9-10H2,1-4H3,(H,19,21). The lowest BCUT2D eigenvalue weighted by Crippen LogP contribution is -2.53. The normalized spacial score (nSPS) is 22.5. The molecule has 122 valence electrons. The van der Waals surface area contributed by atoms with Gasteiger partial charge in [0.2, 0.25) is 0 Å². The lowest BCUT2D eigenvalue weighted by Gasteiger charge is -2.38. The number of carbonyl (C=O) groups excluding carboxylic acids is 1. The molecule has 3 N–H and O–H groups in total. The van der Waals surface area contributed by atoms with Crippen molar-refractivity contribution in [1.82, 2.24) is 10.6 Å². The fourth-order valence-corrected chi connectivity index (χ4v) is 2.56. The van der Waals surface area contributed by atoms with E-state index in [9.17, 15) is 9.90 Å². The predicted molar refractivity (Wildman–Crippen MR) is 85.8 cm³/mol. The monoisotopic (exact) mass is 306 g/mol. The van der Waals surface area contributed by atoms with Crippen LogP contribution in [-0.2, 0) is 4.74 Å². The Kier molecular flexibility index (Phi) is 4.96. The first-order chi connectivity index (χ1) is 10.2. The number of ether oxygens (including phenoxy) is 1. The molecular weight excluding hydrogens is 280 g/mol. The number of phenolic OH excluding ortho intramolecular Hbond substituents is 1. The highest BCUT2D eigenvalue weighted by molar-refractivity contribution is 5.68. The summed E-state index contributed by atoms with van der Waals surface area (Å²) in [6.07, 6.45) is 1.46. The van der Waals surface area contributed by atoms with Crippen LogP contribution in [0.25, 0.3) is 0 Å². The van der Waals surface area contributed by atoms with Crippen LogP contribution in [0.2, 0.25) is 0 Å². The van der Waals surface area contributed by atoms with Gasteiger partial charge in [-0.15, -0.1) is 0 Å². The van der Waals surface area contributed by atoms with Gasteiger partial charge in [-0.3, -0.25) is 0 Å². The van der Waals surface area contributed by atoms with Crippen LogP contribution in [0.4, 0.5) is 4.79 Å². The Labute approximate surface area is 132 Å². The average molecular weight is 306 g/mol. The number of aromatic hydroxyl groups is 1. The minimum atomic E-state index is -0.459. The Morgan fingerprint density at radius 2 is 1.82 bits per heavy atom. The number of rotatable bonds is 4. The molecular formula is C17H26N2O3. The summed E-state index contributed by atoms with van der Waals surface area (Å²) in [4.78, 5) is 11.7. The summed E-state index contributed by atoms with van der Waals surface area (Å²) in [5.74, 6) is 0.279. The molecule has 5 heteroatoms. The highest BCUT2D eigenvalue weighted by Crippen LogP contribution is 2.25. The van der Waals surface area contributed by atoms with E-state index >= 15 is 0 Å². The fourth-order valence-electron chi connectivity index (χ4n) is 2.56. The smallest absolute Gasteiger partial charge is 0.407 e. The highest BCUT2D eigenvalue weighted by Gasteiger charge is 2.32. The van der Waals surface area contributed by atoms with Gasteiger partial charge in [0.25, 0.3) is 0 Å². The third kappa shape index (κ3) is 4.91. The number of benzene rings is 1. The van der Waals surface area contributed by atoms with Crippen molar-refractivity contribution in [1.29, 1.82) is 0 Å². The Morgan fingerprint density at radius 1 is 1.23 bits per heavy atom. The van der Waals surface area contributed by atoms with Crippen LogP contribution in [-0.4, -0.2) is 28.9 Å². The van der Waals surface area contributed by atoms with Gasteiger partial charge in [-0.05, 0) is 58.2 Å². The minimum absolute atomic E-state index is 0.180. The predicted octanol–water partition coefficient (Wildman–Crippen LogP) is 3.10. The Hall–Kier alpha value is -1.75. The van der Waals surface area contributed by atoms with E-state index < -0.39 is 5.60 Å². The third-order valence-corrected chi connectivity index (χ3v) is 3.74. The number of hydrogen-bond donors (Lipinski definition) is 3. The molecule has 0 spiro atoms. The number of carbonyl (C=O) groups is 1. The van der Waals surface area contributed by atoms with E-state index in [1.54, 1.807) is 12.1 Å². The van der Waals surface area contributed by atoms with Gasteiger partial charge in [0.1, 0.15) is 11.4 Å². The summed E-state index contributed by atoms with van der Waals surface area (Å²) in [5, 5.41) is 15.7. The first-order valence-electron chi connectivity index (χ1n) is 7.77. The molecule has 22 heavy (non-hydrogen) atoms. The number of hydrogen-bond acceptors (Lipinski definition) is 4. The molecule has 1 saturated carbocycles. The molecule has 1 aromatic rings. The van der Waals surface area contributed by atoms with Crippen molar-refractivity contribution in [2.75, 3.05) is 0 Å². The maximum absolute atomic E-state index is 11.7. The van der Waals surface area contributed by atoms with Gasteiger partial charge < -0.3 is 20.5 Å². The molecule has 1 fully saturated rings. The van der Waals surface area contributed by atoms with Gasteiger partial charge in [-0.25, -0.2) is 4.79 Å². The highest BCUT2D eigenvalue weighted by atomic mass is 16.6. The van der Waals surface area contributed by atoms with Crippen LogP contribution in [0.5, 0.6) is 5.75 Å². The first-order valence-corrected chi connectivity index (χ1v) is 7.77. The number of phenols is 1. The second-order valence-corrected chi connectivity index (χ2v) is 6.99. The van der Waals surface area contributed by atoms with E-state index in [4.69, 9.17) is 4.74 Å². The maximum atomic E-state index is 11.7. The van der Waals surface area contributed by atoms with Crippen LogP contribution >= 0.6 is 0 Å². The van der Waals surface area contributed by atoms with E-state index in [2.05, 4.69) is 17.6 Å². The summed E-state index contributed by atoms with van der Waals surface area (Å²) in [6, 6.07) is 8.02. The van der Waals surface area contributed by atoms with Crippen molar-refractivity contribution in [2.24, 2.45) is 0 Å². The lowest BCUT2D eigenvalue weighted by molar-refractivity contribution is 0.0463. The Morgan fingerprint density at radius 3 is 2.36 bits per heavy atom. The number of amides is 1. The van der Waals surface area contributed by atoms with Gasteiger partial charge >= 0.3 is 6.09 Å². The molecule has 0 saturated heterocycles. The van der Waals surface area contributed by atoms with Gasteiger partial charge in [0, 0.05) is 18.1 Å². The summed E-state index contributed by atoms with van der Waals surface area (Å²) in [6.45, 7) is 7.67. The summed E-state index contributed by atoms with van der Waals surface area (Å²) in [5.41, 5.74) is 0.681. The van der Waals surface area contributed by atoms with E-state index in [1.165, 1.54) is 0 Å². The van der Waals surface area contributed by atoms with Crippen LogP contribution in [0.3, 0.4) is 0 Å². The molecule has 1 atom stereocenters. The molecule has 1 aliphatic carbocycles. The molecule has 1 unspecified atom stereocenters. The Bertz CT molecular complexity index is 502. The molecule has 0 bridgehead atoms. The van der Waals surface area contributed by atoms with Crippen molar-refractivity contribution in [3.63, 3.8) is 0 Å². The minimum Gasteiger partial charge on any atom is -0.508 e. The van der Waals surface area contributed by atoms with Crippen molar-refractivity contribution in [3.05, 3.63) is 29.8 Å². The average Bonchev–Trinajstić information content (AvgIpc) is 2.34. The lowest BCUT2D eigenvalue weighted by atomic mass is 9.86. The molecule has 5 nitrogen and oxygen atoms in total. The van der Waals surface area contributed by atoms with Crippen LogP contribution < -0.4 is 10.6 Å². The zero-order chi connectivity index (χ0) is 16.3. The zero-order valence-electron chi connectivity index (χ0n) is 13.7. The largest absolute Gasteiger partial charge is 0.508 e. The number of nitrogens with one attached hydrogen (secondary N) is 2. The topological polar surface area (TPSA) is 70.6 Å². The number of alkyl carbamates (subject to hydrolysis) is 1. The molecule has 2 rings (SSSR count). The Balaban J connectivity index is 1.71. The summed E-state index contributed by atoms with van der Waals surface area (Å²) >= 11 is 0. The third-order valence-electron chi connectivity index (χ3n) is 3.74. The molecule has 1 aromatic carbocycles. The quantitative estimate of drug-likeness (QED) is 0.799. The van der Waals surface area contributed by atoms with Crippen molar-refractivity contribution in [3.8, 4) is 5.75 Å². The van der Waals surface area contributed by atoms with E-state index in [1.807, 2.05) is 32.9 Å². The van der Waals surface area contributed by atoms with Crippen LogP contribution in [0.1, 0.15) is 52.1 Å². The second kappa shape index (κ2) is 6.57. The van der Waals surface area contributed by atoms with Gasteiger partial charge in [-0.2, -0.15) is 0 Å². The van der Waals surface area contributed by atoms with E-state index in [0.29, 0.717) is 6.04 Å². The molecule has 0 radical (unpaired) electrons. The molecule has 0 heterocycles. The van der Waals surface area contributed by atoms with Crippen molar-refractivity contribution < 1.29 is 14.6 Å². The van der Waals surface area contributed by atoms with Crippen molar-refractivity contribution in [2.45, 2.75) is 64.3 Å². The SMILES string of the molecule is CC(NC1CC(NC(=O)OC(C)(C)C)C1)c1ccc(O)cc1. The molecule has 0 aromatic heterocycles. The fraction of sp³-hybridized carbons (Fsp3) is 0.588. The van der Waals surface area contributed by atoms with Gasteiger partial charge in [0.05, 0.1) is 0 Å². The molecule has 0 aliphatic heterocycles.